The number of ether oxygens (including phenoxy) is 1. The summed E-state index contributed by atoms with van der Waals surface area (Å²) in [6.07, 6.45) is 0.688. The van der Waals surface area contributed by atoms with Crippen molar-refractivity contribution < 1.29 is 14.3 Å². The zero-order valence-corrected chi connectivity index (χ0v) is 11.1. The molecule has 0 aromatic rings. The summed E-state index contributed by atoms with van der Waals surface area (Å²) in [6.45, 7) is 8.04. The number of rotatable bonds is 2. The first-order valence-corrected chi connectivity index (χ1v) is 5.87. The molecule has 0 aliphatic carbocycles. The Morgan fingerprint density at radius 3 is 2.50 bits per heavy atom. The smallest absolute Gasteiger partial charge is 0.355 e. The normalized spacial score (nSPS) is 25.3. The van der Waals surface area contributed by atoms with Crippen LogP contribution in [0, 0.1) is 5.41 Å². The van der Waals surface area contributed by atoms with Gasteiger partial charge < -0.3 is 4.74 Å². The topological polar surface area (TPSA) is 46.6 Å². The Kier molecular flexibility index (Phi) is 3.38. The molecule has 0 spiro atoms. The first-order chi connectivity index (χ1) is 7.28. The maximum absolute atomic E-state index is 11.5. The van der Waals surface area contributed by atoms with Gasteiger partial charge in [0.1, 0.15) is 5.70 Å². The molecular weight excluding hydrogens is 226 g/mol. The molecule has 1 aliphatic rings. The largest absolute Gasteiger partial charge is 0.464 e. The molecule has 1 atom stereocenters. The second-order valence-electron chi connectivity index (χ2n) is 4.82. The van der Waals surface area contributed by atoms with Gasteiger partial charge in [-0.2, -0.15) is 0 Å². The highest BCUT2D eigenvalue weighted by atomic mass is 32.2. The zero-order chi connectivity index (χ0) is 12.6. The van der Waals surface area contributed by atoms with Gasteiger partial charge in [-0.15, -0.1) is 11.8 Å². The number of carbonyl (C=O) groups excluding carboxylic acids is 2. The highest BCUT2D eigenvalue weighted by Gasteiger charge is 2.49. The molecule has 90 valence electrons. The predicted molar refractivity (Wildman–Crippen MR) is 63.5 cm³/mol. The van der Waals surface area contributed by atoms with E-state index >= 15 is 0 Å². The number of amides is 1. The number of methoxy groups -OCH3 is 1. The SMILES string of the molecule is COC(=O)C1=CS[C@](C)(C(C)(C)C)N1C=O. The first-order valence-electron chi connectivity index (χ1n) is 4.99. The van der Waals surface area contributed by atoms with Crippen molar-refractivity contribution in [2.45, 2.75) is 32.6 Å². The Labute approximate surface area is 100 Å². The fourth-order valence-electron chi connectivity index (χ4n) is 1.46. The molecular formula is C11H17NO3S. The second-order valence-corrected chi connectivity index (χ2v) is 6.09. The van der Waals surface area contributed by atoms with E-state index in [4.69, 9.17) is 0 Å². The van der Waals surface area contributed by atoms with Gasteiger partial charge >= 0.3 is 5.97 Å². The van der Waals surface area contributed by atoms with E-state index in [-0.39, 0.29) is 5.41 Å². The molecule has 1 aliphatic heterocycles. The lowest BCUT2D eigenvalue weighted by Crippen LogP contribution is -2.49. The fraction of sp³-hybridized carbons (Fsp3) is 0.636. The standard InChI is InChI=1S/C11H17NO3S/c1-10(2,3)11(4)12(7-13)8(6-16-11)9(14)15-5/h6-7H,1-5H3/t11-/m1/s1. The van der Waals surface area contributed by atoms with Crippen LogP contribution in [-0.2, 0) is 14.3 Å². The Bertz CT molecular complexity index is 346. The van der Waals surface area contributed by atoms with Gasteiger partial charge in [0.2, 0.25) is 6.41 Å². The number of esters is 1. The third-order valence-corrected chi connectivity index (χ3v) is 4.62. The lowest BCUT2D eigenvalue weighted by molar-refractivity contribution is -0.141. The van der Waals surface area contributed by atoms with E-state index in [0.717, 1.165) is 0 Å². The summed E-state index contributed by atoms with van der Waals surface area (Å²) in [5, 5.41) is 1.69. The van der Waals surface area contributed by atoms with Gasteiger partial charge in [-0.05, 0) is 12.3 Å². The monoisotopic (exact) mass is 243 g/mol. The van der Waals surface area contributed by atoms with E-state index in [9.17, 15) is 9.59 Å². The average molecular weight is 243 g/mol. The average Bonchev–Trinajstić information content (AvgIpc) is 2.54. The summed E-state index contributed by atoms with van der Waals surface area (Å²) in [4.78, 5) is 23.6. The van der Waals surface area contributed by atoms with Crippen molar-refractivity contribution in [1.82, 2.24) is 4.90 Å². The molecule has 5 heteroatoms. The minimum Gasteiger partial charge on any atom is -0.464 e. The number of nitrogens with zero attached hydrogens (tertiary/aromatic N) is 1. The van der Waals surface area contributed by atoms with E-state index in [0.29, 0.717) is 12.1 Å². The van der Waals surface area contributed by atoms with Crippen molar-refractivity contribution in [3.8, 4) is 0 Å². The van der Waals surface area contributed by atoms with Crippen LogP contribution in [0.25, 0.3) is 0 Å². The molecule has 16 heavy (non-hydrogen) atoms. The van der Waals surface area contributed by atoms with Crippen LogP contribution < -0.4 is 0 Å². The summed E-state index contributed by atoms with van der Waals surface area (Å²) in [7, 11) is 1.31. The molecule has 4 nitrogen and oxygen atoms in total. The summed E-state index contributed by atoms with van der Waals surface area (Å²) in [6, 6.07) is 0. The molecule has 1 amide bonds. The van der Waals surface area contributed by atoms with Gasteiger partial charge in [0.05, 0.1) is 12.0 Å². The van der Waals surface area contributed by atoms with Crippen molar-refractivity contribution in [3.63, 3.8) is 0 Å². The van der Waals surface area contributed by atoms with Gasteiger partial charge in [-0.1, -0.05) is 20.8 Å². The first kappa shape index (κ1) is 13.1. The second kappa shape index (κ2) is 4.13. The van der Waals surface area contributed by atoms with E-state index in [1.54, 1.807) is 5.41 Å². The minimum atomic E-state index is -0.479. The molecule has 0 radical (unpaired) electrons. The Hall–Kier alpha value is -0.970. The van der Waals surface area contributed by atoms with Crippen LogP contribution >= 0.6 is 11.8 Å². The lowest BCUT2D eigenvalue weighted by atomic mass is 9.86. The van der Waals surface area contributed by atoms with Crippen LogP contribution in [0.5, 0.6) is 0 Å². The Balaban J connectivity index is 3.08. The van der Waals surface area contributed by atoms with Crippen LogP contribution in [0.3, 0.4) is 0 Å². The summed E-state index contributed by atoms with van der Waals surface area (Å²) < 4.78 is 4.65. The van der Waals surface area contributed by atoms with Crippen molar-refractivity contribution >= 4 is 24.1 Å². The maximum atomic E-state index is 11.5. The number of hydrogen-bond donors (Lipinski definition) is 0. The molecule has 0 aromatic heterocycles. The van der Waals surface area contributed by atoms with Gasteiger partial charge in [-0.3, -0.25) is 9.69 Å². The maximum Gasteiger partial charge on any atom is 0.355 e. The van der Waals surface area contributed by atoms with Gasteiger partial charge in [0.15, 0.2) is 0 Å². The van der Waals surface area contributed by atoms with E-state index < -0.39 is 10.8 Å². The van der Waals surface area contributed by atoms with Gasteiger partial charge in [0.25, 0.3) is 0 Å². The van der Waals surface area contributed by atoms with Crippen LogP contribution in [-0.4, -0.2) is 29.3 Å². The minimum absolute atomic E-state index is 0.148. The van der Waals surface area contributed by atoms with Crippen LogP contribution in [0.15, 0.2) is 11.1 Å². The molecule has 0 saturated heterocycles. The zero-order valence-electron chi connectivity index (χ0n) is 10.2. The molecule has 0 fully saturated rings. The van der Waals surface area contributed by atoms with Gasteiger partial charge in [-0.25, -0.2) is 4.79 Å². The highest BCUT2D eigenvalue weighted by Crippen LogP contribution is 2.50. The van der Waals surface area contributed by atoms with Crippen molar-refractivity contribution in [2.24, 2.45) is 5.41 Å². The van der Waals surface area contributed by atoms with Crippen molar-refractivity contribution in [3.05, 3.63) is 11.1 Å². The third-order valence-electron chi connectivity index (χ3n) is 3.01. The molecule has 0 saturated carbocycles. The summed E-state index contributed by atoms with van der Waals surface area (Å²) >= 11 is 1.47. The van der Waals surface area contributed by atoms with Crippen molar-refractivity contribution in [1.29, 1.82) is 0 Å². The molecule has 1 rings (SSSR count). The Morgan fingerprint density at radius 2 is 2.12 bits per heavy atom. The van der Waals surface area contributed by atoms with Crippen LogP contribution in [0.1, 0.15) is 27.7 Å². The van der Waals surface area contributed by atoms with E-state index in [1.165, 1.54) is 23.8 Å². The van der Waals surface area contributed by atoms with Gasteiger partial charge in [0, 0.05) is 5.41 Å². The van der Waals surface area contributed by atoms with E-state index in [2.05, 4.69) is 4.74 Å². The molecule has 0 N–H and O–H groups in total. The quantitative estimate of drug-likeness (QED) is 0.549. The summed E-state index contributed by atoms with van der Waals surface area (Å²) in [5.41, 5.74) is 0.158. The van der Waals surface area contributed by atoms with Crippen LogP contribution in [0.2, 0.25) is 0 Å². The Morgan fingerprint density at radius 1 is 1.56 bits per heavy atom. The predicted octanol–water partition coefficient (Wildman–Crippen LogP) is 1.97. The summed E-state index contributed by atoms with van der Waals surface area (Å²) in [5.74, 6) is -0.479. The fourth-order valence-corrected chi connectivity index (χ4v) is 2.62. The lowest BCUT2D eigenvalue weighted by Gasteiger charge is -2.43. The van der Waals surface area contributed by atoms with Crippen LogP contribution in [0.4, 0.5) is 0 Å². The molecule has 0 unspecified atom stereocenters. The number of hydrogen-bond acceptors (Lipinski definition) is 4. The highest BCUT2D eigenvalue weighted by molar-refractivity contribution is 8.03. The number of thioether (sulfide) groups is 1. The molecule has 0 bridgehead atoms. The molecule has 1 heterocycles. The molecule has 0 aromatic carbocycles. The third kappa shape index (κ3) is 1.84. The number of carbonyl (C=O) groups is 2. The van der Waals surface area contributed by atoms with E-state index in [1.807, 2.05) is 27.7 Å². The van der Waals surface area contributed by atoms with Crippen molar-refractivity contribution in [2.75, 3.05) is 7.11 Å².